The molecule has 1 aliphatic rings. The lowest BCUT2D eigenvalue weighted by atomic mass is 9.89. The van der Waals surface area contributed by atoms with Gasteiger partial charge in [-0.3, -0.25) is 4.79 Å². The van der Waals surface area contributed by atoms with Crippen LogP contribution in [0.1, 0.15) is 67.4 Å². The van der Waals surface area contributed by atoms with Gasteiger partial charge in [0.1, 0.15) is 5.75 Å². The molecule has 0 aromatic heterocycles. The number of rotatable bonds is 11. The topological polar surface area (TPSA) is 102 Å². The lowest BCUT2D eigenvalue weighted by Gasteiger charge is -2.21. The van der Waals surface area contributed by atoms with Crippen molar-refractivity contribution < 1.29 is 20.1 Å². The molecule has 0 saturated heterocycles. The molecular weight excluding hydrogens is 416 g/mol. The number of carbonyl (C=O) groups excluding carboxylic acids is 1. The number of hydrogen-bond donors (Lipinski definition) is 5. The van der Waals surface area contributed by atoms with Crippen LogP contribution in [-0.4, -0.2) is 40.4 Å². The summed E-state index contributed by atoms with van der Waals surface area (Å²) in [6, 6.07) is 13.0. The van der Waals surface area contributed by atoms with E-state index in [1.165, 1.54) is 38.2 Å². The van der Waals surface area contributed by atoms with Gasteiger partial charge >= 0.3 is 0 Å². The molecule has 1 saturated carbocycles. The van der Waals surface area contributed by atoms with Crippen LogP contribution in [0.5, 0.6) is 5.75 Å². The van der Waals surface area contributed by atoms with Crippen LogP contribution in [0.15, 0.2) is 42.5 Å². The third kappa shape index (κ3) is 8.14. The van der Waals surface area contributed by atoms with Gasteiger partial charge in [-0.15, -0.1) is 0 Å². The van der Waals surface area contributed by atoms with E-state index in [2.05, 4.69) is 29.7 Å². The minimum absolute atomic E-state index is 0.0253. The fraction of sp³-hybridized carbons (Fsp3) is 0.519. The fourth-order valence-corrected chi connectivity index (χ4v) is 4.56. The Bertz CT molecular complexity index is 895. The maximum absolute atomic E-state index is 12.4. The van der Waals surface area contributed by atoms with Gasteiger partial charge in [-0.05, 0) is 60.9 Å². The SMILES string of the molecule is C[C@H](Cc1cccc(CC(=O)NCC2CCCCC2)c1)NC[C@H](O)c1ccc(O)c(CO)c1. The summed E-state index contributed by atoms with van der Waals surface area (Å²) in [6.45, 7) is 2.94. The number of nitrogens with one attached hydrogen (secondary N) is 2. The monoisotopic (exact) mass is 454 g/mol. The van der Waals surface area contributed by atoms with Crippen LogP contribution in [-0.2, 0) is 24.2 Å². The standard InChI is InChI=1S/C27H38N2O4/c1-19(28-17-26(32)23-10-11-25(31)24(15-23)18-30)12-21-8-5-9-22(13-21)14-27(33)29-16-20-6-3-2-4-7-20/h5,8-11,13,15,19-20,26,28,30-32H,2-4,6-7,12,14,16-18H2,1H3,(H,29,33)/t19-,26+/m1/s1. The Kier molecular flexibility index (Phi) is 9.73. The van der Waals surface area contributed by atoms with Crippen molar-refractivity contribution in [3.05, 3.63) is 64.7 Å². The van der Waals surface area contributed by atoms with E-state index in [0.29, 0.717) is 30.0 Å². The smallest absolute Gasteiger partial charge is 0.224 e. The molecule has 0 bridgehead atoms. The van der Waals surface area contributed by atoms with E-state index in [1.54, 1.807) is 12.1 Å². The van der Waals surface area contributed by atoms with Crippen LogP contribution in [0.2, 0.25) is 0 Å². The molecule has 5 N–H and O–H groups in total. The van der Waals surface area contributed by atoms with Gasteiger partial charge in [0.25, 0.3) is 0 Å². The largest absolute Gasteiger partial charge is 0.508 e. The molecule has 3 rings (SSSR count). The summed E-state index contributed by atoms with van der Waals surface area (Å²) in [5.41, 5.74) is 3.22. The van der Waals surface area contributed by atoms with Gasteiger partial charge < -0.3 is 26.0 Å². The van der Waals surface area contributed by atoms with Crippen molar-refractivity contribution in [1.29, 1.82) is 0 Å². The highest BCUT2D eigenvalue weighted by molar-refractivity contribution is 5.78. The maximum atomic E-state index is 12.4. The first-order valence-corrected chi connectivity index (χ1v) is 12.1. The van der Waals surface area contributed by atoms with Crippen molar-refractivity contribution in [3.8, 4) is 5.75 Å². The molecule has 2 atom stereocenters. The summed E-state index contributed by atoms with van der Waals surface area (Å²) in [4.78, 5) is 12.4. The number of benzene rings is 2. The predicted octanol–water partition coefficient (Wildman–Crippen LogP) is 3.38. The van der Waals surface area contributed by atoms with E-state index in [-0.39, 0.29) is 24.3 Å². The van der Waals surface area contributed by atoms with Crippen LogP contribution < -0.4 is 10.6 Å². The van der Waals surface area contributed by atoms with E-state index in [4.69, 9.17) is 0 Å². The Morgan fingerprint density at radius 3 is 2.61 bits per heavy atom. The van der Waals surface area contributed by atoms with Crippen molar-refractivity contribution >= 4 is 5.91 Å². The van der Waals surface area contributed by atoms with Crippen LogP contribution in [0.25, 0.3) is 0 Å². The minimum Gasteiger partial charge on any atom is -0.508 e. The molecule has 0 heterocycles. The second-order valence-corrected chi connectivity index (χ2v) is 9.38. The van der Waals surface area contributed by atoms with E-state index in [0.717, 1.165) is 24.1 Å². The Morgan fingerprint density at radius 2 is 1.85 bits per heavy atom. The average Bonchev–Trinajstić information content (AvgIpc) is 2.82. The van der Waals surface area contributed by atoms with Gasteiger partial charge in [-0.1, -0.05) is 49.6 Å². The first-order valence-electron chi connectivity index (χ1n) is 12.1. The highest BCUT2D eigenvalue weighted by Gasteiger charge is 2.15. The number of hydrogen-bond acceptors (Lipinski definition) is 5. The molecule has 180 valence electrons. The molecule has 0 spiro atoms. The lowest BCUT2D eigenvalue weighted by molar-refractivity contribution is -0.120. The quantitative estimate of drug-likeness (QED) is 0.358. The lowest BCUT2D eigenvalue weighted by Crippen LogP contribution is -2.32. The van der Waals surface area contributed by atoms with Crippen LogP contribution in [0, 0.1) is 5.92 Å². The molecule has 0 aliphatic heterocycles. The minimum atomic E-state index is -0.738. The Hall–Kier alpha value is -2.41. The van der Waals surface area contributed by atoms with Gasteiger partial charge in [0.2, 0.25) is 5.91 Å². The van der Waals surface area contributed by atoms with Crippen molar-refractivity contribution in [2.45, 2.75) is 70.6 Å². The summed E-state index contributed by atoms with van der Waals surface area (Å²) < 4.78 is 0. The van der Waals surface area contributed by atoms with Gasteiger partial charge in [-0.2, -0.15) is 0 Å². The first-order chi connectivity index (χ1) is 15.9. The fourth-order valence-electron chi connectivity index (χ4n) is 4.56. The third-order valence-electron chi connectivity index (χ3n) is 6.53. The van der Waals surface area contributed by atoms with Crippen molar-refractivity contribution in [2.24, 2.45) is 5.92 Å². The summed E-state index contributed by atoms with van der Waals surface area (Å²) >= 11 is 0. The molecule has 0 unspecified atom stereocenters. The average molecular weight is 455 g/mol. The normalized spacial score (nSPS) is 16.3. The van der Waals surface area contributed by atoms with Crippen LogP contribution >= 0.6 is 0 Å². The van der Waals surface area contributed by atoms with Gasteiger partial charge in [0.05, 0.1) is 19.1 Å². The Morgan fingerprint density at radius 1 is 1.09 bits per heavy atom. The molecule has 1 amide bonds. The summed E-state index contributed by atoms with van der Waals surface area (Å²) in [7, 11) is 0. The molecule has 2 aromatic carbocycles. The predicted molar refractivity (Wildman–Crippen MR) is 130 cm³/mol. The van der Waals surface area contributed by atoms with Crippen LogP contribution in [0.4, 0.5) is 0 Å². The number of carbonyl (C=O) groups is 1. The van der Waals surface area contributed by atoms with Gasteiger partial charge in [0.15, 0.2) is 0 Å². The molecule has 6 nitrogen and oxygen atoms in total. The van der Waals surface area contributed by atoms with E-state index < -0.39 is 6.10 Å². The zero-order valence-corrected chi connectivity index (χ0v) is 19.6. The van der Waals surface area contributed by atoms with E-state index in [9.17, 15) is 20.1 Å². The Labute approximate surface area is 197 Å². The molecule has 6 heteroatoms. The molecule has 2 aromatic rings. The number of amides is 1. The highest BCUT2D eigenvalue weighted by Crippen LogP contribution is 2.23. The number of aromatic hydroxyl groups is 1. The third-order valence-corrected chi connectivity index (χ3v) is 6.53. The first kappa shape index (κ1) is 25.2. The van der Waals surface area contributed by atoms with Crippen molar-refractivity contribution in [2.75, 3.05) is 13.1 Å². The van der Waals surface area contributed by atoms with Crippen molar-refractivity contribution in [3.63, 3.8) is 0 Å². The van der Waals surface area contributed by atoms with E-state index in [1.807, 2.05) is 12.1 Å². The second kappa shape index (κ2) is 12.7. The number of aliphatic hydroxyl groups excluding tert-OH is 2. The van der Waals surface area contributed by atoms with Crippen molar-refractivity contribution in [1.82, 2.24) is 10.6 Å². The molecule has 0 radical (unpaired) electrons. The highest BCUT2D eigenvalue weighted by atomic mass is 16.3. The molecular formula is C27H38N2O4. The van der Waals surface area contributed by atoms with Crippen LogP contribution in [0.3, 0.4) is 0 Å². The summed E-state index contributed by atoms with van der Waals surface area (Å²) in [5, 5.41) is 35.9. The zero-order chi connectivity index (χ0) is 23.6. The molecule has 33 heavy (non-hydrogen) atoms. The number of phenols is 1. The zero-order valence-electron chi connectivity index (χ0n) is 19.6. The number of aliphatic hydroxyl groups is 2. The summed E-state index contributed by atoms with van der Waals surface area (Å²) in [5.74, 6) is 0.744. The second-order valence-electron chi connectivity index (χ2n) is 9.38. The summed E-state index contributed by atoms with van der Waals surface area (Å²) in [6.07, 6.45) is 6.78. The van der Waals surface area contributed by atoms with Gasteiger partial charge in [0, 0.05) is 24.7 Å². The van der Waals surface area contributed by atoms with Gasteiger partial charge in [-0.25, -0.2) is 0 Å². The molecule has 1 fully saturated rings. The van der Waals surface area contributed by atoms with E-state index >= 15 is 0 Å². The molecule has 1 aliphatic carbocycles. The Balaban J connectivity index is 1.44. The maximum Gasteiger partial charge on any atom is 0.224 e.